The molecular formula is C12H17NO3. The van der Waals surface area contributed by atoms with E-state index in [1.165, 1.54) is 7.11 Å². The van der Waals surface area contributed by atoms with Crippen LogP contribution >= 0.6 is 0 Å². The summed E-state index contributed by atoms with van der Waals surface area (Å²) < 4.78 is 4.55. The second-order valence-electron chi connectivity index (χ2n) is 4.28. The summed E-state index contributed by atoms with van der Waals surface area (Å²) in [5.74, 6) is -0.631. The van der Waals surface area contributed by atoms with E-state index in [9.17, 15) is 9.90 Å². The average molecular weight is 223 g/mol. The number of ether oxygens (including phenoxy) is 1. The highest BCUT2D eigenvalue weighted by molar-refractivity contribution is 5.76. The van der Waals surface area contributed by atoms with Crippen LogP contribution in [0.4, 0.5) is 0 Å². The first-order chi connectivity index (χ1) is 7.41. The Labute approximate surface area is 95.3 Å². The van der Waals surface area contributed by atoms with Crippen molar-refractivity contribution in [3.05, 3.63) is 29.6 Å². The Balaban J connectivity index is 3.11. The van der Waals surface area contributed by atoms with Crippen molar-refractivity contribution in [1.29, 1.82) is 0 Å². The van der Waals surface area contributed by atoms with Crippen LogP contribution < -0.4 is 0 Å². The van der Waals surface area contributed by atoms with Crippen molar-refractivity contribution in [1.82, 2.24) is 4.98 Å². The summed E-state index contributed by atoms with van der Waals surface area (Å²) in [6.45, 7) is 5.43. The summed E-state index contributed by atoms with van der Waals surface area (Å²) in [5.41, 5.74) is 0.925. The number of pyridine rings is 1. The molecule has 0 aliphatic rings. The summed E-state index contributed by atoms with van der Waals surface area (Å²) in [6, 6.07) is 3.64. The minimum absolute atomic E-state index is 0.631. The highest BCUT2D eigenvalue weighted by Crippen LogP contribution is 2.29. The van der Waals surface area contributed by atoms with Gasteiger partial charge in [-0.15, -0.1) is 0 Å². The maximum atomic E-state index is 11.4. The van der Waals surface area contributed by atoms with Gasteiger partial charge in [0.1, 0.15) is 0 Å². The van der Waals surface area contributed by atoms with E-state index in [0.29, 0.717) is 0 Å². The number of hydrogen-bond acceptors (Lipinski definition) is 4. The van der Waals surface area contributed by atoms with Gasteiger partial charge in [0.25, 0.3) is 0 Å². The van der Waals surface area contributed by atoms with E-state index in [2.05, 4.69) is 9.72 Å². The Morgan fingerprint density at radius 2 is 2.19 bits per heavy atom. The van der Waals surface area contributed by atoms with Gasteiger partial charge in [-0.2, -0.15) is 0 Å². The van der Waals surface area contributed by atoms with Gasteiger partial charge < -0.3 is 9.84 Å². The van der Waals surface area contributed by atoms with E-state index in [0.717, 1.165) is 11.3 Å². The number of carbonyl (C=O) groups excluding carboxylic acids is 1. The third-order valence-electron chi connectivity index (χ3n) is 2.81. The minimum atomic E-state index is -1.19. The lowest BCUT2D eigenvalue weighted by atomic mass is 9.78. The first-order valence-electron chi connectivity index (χ1n) is 5.09. The Bertz CT molecular complexity index is 388. The van der Waals surface area contributed by atoms with Crippen LogP contribution in [0, 0.1) is 6.92 Å². The van der Waals surface area contributed by atoms with E-state index in [1.54, 1.807) is 26.1 Å². The van der Waals surface area contributed by atoms with E-state index in [1.807, 2.05) is 13.0 Å². The standard InChI is InChI=1S/C12H17NO3/c1-8-9(6-5-7-13-8)12(2,3)10(14)11(15)16-4/h5-7,10,14H,1-4H3. The van der Waals surface area contributed by atoms with Crippen molar-refractivity contribution in [2.24, 2.45) is 0 Å². The Morgan fingerprint density at radius 3 is 2.69 bits per heavy atom. The predicted octanol–water partition coefficient (Wildman–Crippen LogP) is 1.20. The normalized spacial score (nSPS) is 13.3. The zero-order chi connectivity index (χ0) is 12.3. The van der Waals surface area contributed by atoms with Gasteiger partial charge >= 0.3 is 5.97 Å². The van der Waals surface area contributed by atoms with Gasteiger partial charge in [-0.1, -0.05) is 19.9 Å². The van der Waals surface area contributed by atoms with Crippen molar-refractivity contribution < 1.29 is 14.6 Å². The first kappa shape index (κ1) is 12.6. The first-order valence-corrected chi connectivity index (χ1v) is 5.09. The molecule has 16 heavy (non-hydrogen) atoms. The monoisotopic (exact) mass is 223 g/mol. The van der Waals surface area contributed by atoms with Crippen LogP contribution in [0.25, 0.3) is 0 Å². The number of aryl methyl sites for hydroxylation is 1. The van der Waals surface area contributed by atoms with E-state index in [-0.39, 0.29) is 0 Å². The zero-order valence-electron chi connectivity index (χ0n) is 10.0. The predicted molar refractivity (Wildman–Crippen MR) is 60.0 cm³/mol. The number of aliphatic hydroxyl groups excluding tert-OH is 1. The molecule has 1 heterocycles. The maximum Gasteiger partial charge on any atom is 0.335 e. The molecule has 0 bridgehead atoms. The lowest BCUT2D eigenvalue weighted by Crippen LogP contribution is -2.41. The third-order valence-corrected chi connectivity index (χ3v) is 2.81. The molecule has 0 aliphatic carbocycles. The van der Waals surface area contributed by atoms with Gasteiger partial charge in [-0.3, -0.25) is 4.98 Å². The molecule has 0 spiro atoms. The summed E-state index contributed by atoms with van der Waals surface area (Å²) in [7, 11) is 1.26. The second kappa shape index (κ2) is 4.61. The van der Waals surface area contributed by atoms with E-state index in [4.69, 9.17) is 0 Å². The quantitative estimate of drug-likeness (QED) is 0.782. The molecule has 0 radical (unpaired) electrons. The fourth-order valence-electron chi connectivity index (χ4n) is 1.72. The highest BCUT2D eigenvalue weighted by atomic mass is 16.5. The number of carbonyl (C=O) groups is 1. The number of hydrogen-bond donors (Lipinski definition) is 1. The van der Waals surface area contributed by atoms with Gasteiger partial charge in [-0.25, -0.2) is 4.79 Å². The fourth-order valence-corrected chi connectivity index (χ4v) is 1.72. The third kappa shape index (κ3) is 2.22. The summed E-state index contributed by atoms with van der Waals surface area (Å²) in [5, 5.41) is 9.92. The largest absolute Gasteiger partial charge is 0.467 e. The molecule has 0 aromatic carbocycles. The molecule has 0 saturated heterocycles. The van der Waals surface area contributed by atoms with Gasteiger partial charge in [-0.05, 0) is 18.6 Å². The molecule has 0 amide bonds. The molecule has 0 fully saturated rings. The Morgan fingerprint density at radius 1 is 1.56 bits per heavy atom. The van der Waals surface area contributed by atoms with Gasteiger partial charge in [0.2, 0.25) is 0 Å². The van der Waals surface area contributed by atoms with Gasteiger partial charge in [0, 0.05) is 17.3 Å². The SMILES string of the molecule is COC(=O)C(O)C(C)(C)c1cccnc1C. The van der Waals surface area contributed by atoms with E-state index >= 15 is 0 Å². The molecule has 1 atom stereocenters. The number of nitrogens with zero attached hydrogens (tertiary/aromatic N) is 1. The van der Waals surface area contributed by atoms with Crippen molar-refractivity contribution in [2.45, 2.75) is 32.3 Å². The Kier molecular flexibility index (Phi) is 3.65. The molecule has 1 aromatic rings. The second-order valence-corrected chi connectivity index (χ2v) is 4.28. The van der Waals surface area contributed by atoms with Crippen LogP contribution in [0.15, 0.2) is 18.3 Å². The average Bonchev–Trinajstić information content (AvgIpc) is 2.27. The topological polar surface area (TPSA) is 59.4 Å². The summed E-state index contributed by atoms with van der Waals surface area (Å²) >= 11 is 0. The van der Waals surface area contributed by atoms with Crippen LogP contribution in [-0.2, 0) is 14.9 Å². The smallest absolute Gasteiger partial charge is 0.335 e. The molecule has 1 aromatic heterocycles. The molecule has 4 heteroatoms. The molecule has 1 unspecified atom stereocenters. The van der Waals surface area contributed by atoms with E-state index < -0.39 is 17.5 Å². The van der Waals surface area contributed by atoms with Crippen LogP contribution in [-0.4, -0.2) is 29.3 Å². The van der Waals surface area contributed by atoms with Crippen LogP contribution in [0.1, 0.15) is 25.1 Å². The molecule has 88 valence electrons. The molecule has 0 saturated carbocycles. The molecule has 1 N–H and O–H groups in total. The lowest BCUT2D eigenvalue weighted by Gasteiger charge is -2.30. The fraction of sp³-hybridized carbons (Fsp3) is 0.500. The molecule has 4 nitrogen and oxygen atoms in total. The van der Waals surface area contributed by atoms with Crippen LogP contribution in [0.2, 0.25) is 0 Å². The van der Waals surface area contributed by atoms with Crippen molar-refractivity contribution in [3.8, 4) is 0 Å². The molecule has 1 rings (SSSR count). The highest BCUT2D eigenvalue weighted by Gasteiger charge is 2.37. The van der Waals surface area contributed by atoms with Crippen molar-refractivity contribution in [3.63, 3.8) is 0 Å². The minimum Gasteiger partial charge on any atom is -0.467 e. The summed E-state index contributed by atoms with van der Waals surface area (Å²) in [4.78, 5) is 15.5. The van der Waals surface area contributed by atoms with Crippen molar-refractivity contribution in [2.75, 3.05) is 7.11 Å². The van der Waals surface area contributed by atoms with Crippen LogP contribution in [0.5, 0.6) is 0 Å². The molecular weight excluding hydrogens is 206 g/mol. The van der Waals surface area contributed by atoms with Crippen molar-refractivity contribution >= 4 is 5.97 Å². The number of aliphatic hydroxyl groups is 1. The van der Waals surface area contributed by atoms with Gasteiger partial charge in [0.15, 0.2) is 6.10 Å². The maximum absolute atomic E-state index is 11.4. The number of rotatable bonds is 3. The number of methoxy groups -OCH3 is 1. The van der Waals surface area contributed by atoms with Crippen LogP contribution in [0.3, 0.4) is 0 Å². The summed E-state index contributed by atoms with van der Waals surface area (Å²) in [6.07, 6.45) is 0.486. The Hall–Kier alpha value is -1.42. The lowest BCUT2D eigenvalue weighted by molar-refractivity contribution is -0.153. The number of esters is 1. The number of aromatic nitrogens is 1. The van der Waals surface area contributed by atoms with Gasteiger partial charge in [0.05, 0.1) is 7.11 Å². The zero-order valence-corrected chi connectivity index (χ0v) is 10.0. The molecule has 0 aliphatic heterocycles.